The van der Waals surface area contributed by atoms with E-state index in [4.69, 9.17) is 0 Å². The van der Waals surface area contributed by atoms with Crippen molar-refractivity contribution in [3.8, 4) is 11.4 Å². The van der Waals surface area contributed by atoms with Crippen LogP contribution in [0.2, 0.25) is 0 Å². The average Bonchev–Trinajstić information content (AvgIpc) is 2.90. The van der Waals surface area contributed by atoms with Gasteiger partial charge in [-0.1, -0.05) is 0 Å². The average molecular weight is 249 g/mol. The zero-order valence-corrected chi connectivity index (χ0v) is 9.52. The van der Waals surface area contributed by atoms with E-state index in [0.29, 0.717) is 22.0 Å². The van der Waals surface area contributed by atoms with Gasteiger partial charge >= 0.3 is 5.97 Å². The van der Waals surface area contributed by atoms with E-state index in [2.05, 4.69) is 20.4 Å². The SMILES string of the molecule is Cc1nc2scc(-c3cn[nH]n3)n2c1C(=O)O. The molecule has 3 heterocycles. The van der Waals surface area contributed by atoms with Crippen molar-refractivity contribution in [1.29, 1.82) is 0 Å². The zero-order chi connectivity index (χ0) is 12.0. The number of thiazole rings is 1. The lowest BCUT2D eigenvalue weighted by atomic mass is 10.3. The summed E-state index contributed by atoms with van der Waals surface area (Å²) in [6.45, 7) is 1.68. The second-order valence-corrected chi connectivity index (χ2v) is 4.28. The van der Waals surface area contributed by atoms with Crippen LogP contribution in [0.1, 0.15) is 16.2 Å². The van der Waals surface area contributed by atoms with Crippen LogP contribution in [-0.2, 0) is 0 Å². The third kappa shape index (κ3) is 1.34. The lowest BCUT2D eigenvalue weighted by Crippen LogP contribution is -2.04. The van der Waals surface area contributed by atoms with Gasteiger partial charge < -0.3 is 5.11 Å². The van der Waals surface area contributed by atoms with Crippen LogP contribution in [0, 0.1) is 6.92 Å². The summed E-state index contributed by atoms with van der Waals surface area (Å²) in [4.78, 5) is 16.1. The molecule has 0 saturated carbocycles. The van der Waals surface area contributed by atoms with Gasteiger partial charge in [-0.3, -0.25) is 4.40 Å². The monoisotopic (exact) mass is 249 g/mol. The molecule has 0 aromatic carbocycles. The number of aromatic nitrogens is 5. The molecule has 7 nitrogen and oxygen atoms in total. The lowest BCUT2D eigenvalue weighted by molar-refractivity contribution is 0.0688. The largest absolute Gasteiger partial charge is 0.477 e. The first-order valence-corrected chi connectivity index (χ1v) is 5.62. The van der Waals surface area contributed by atoms with Gasteiger partial charge in [0.15, 0.2) is 10.7 Å². The molecule has 0 fully saturated rings. The second-order valence-electron chi connectivity index (χ2n) is 3.45. The Morgan fingerprint density at radius 1 is 1.59 bits per heavy atom. The van der Waals surface area contributed by atoms with E-state index in [0.717, 1.165) is 0 Å². The number of imidazole rings is 1. The number of hydrogen-bond acceptors (Lipinski definition) is 5. The van der Waals surface area contributed by atoms with E-state index < -0.39 is 5.97 Å². The summed E-state index contributed by atoms with van der Waals surface area (Å²) < 4.78 is 1.58. The van der Waals surface area contributed by atoms with Crippen LogP contribution < -0.4 is 0 Å². The highest BCUT2D eigenvalue weighted by atomic mass is 32.1. The minimum atomic E-state index is -1.00. The summed E-state index contributed by atoms with van der Waals surface area (Å²) in [6.07, 6.45) is 1.54. The fraction of sp³-hybridized carbons (Fsp3) is 0.111. The quantitative estimate of drug-likeness (QED) is 0.711. The Balaban J connectivity index is 2.37. The number of fused-ring (bicyclic) bond motifs is 1. The Hall–Kier alpha value is -2.22. The molecular formula is C9H7N5O2S. The van der Waals surface area contributed by atoms with Crippen molar-refractivity contribution in [2.75, 3.05) is 0 Å². The molecule has 0 radical (unpaired) electrons. The molecule has 8 heteroatoms. The number of aromatic carboxylic acids is 1. The maximum atomic E-state index is 11.2. The van der Waals surface area contributed by atoms with Gasteiger partial charge in [0.25, 0.3) is 0 Å². The molecule has 0 saturated heterocycles. The second kappa shape index (κ2) is 3.39. The molecule has 0 aliphatic heterocycles. The van der Waals surface area contributed by atoms with Crippen LogP contribution in [-0.4, -0.2) is 35.9 Å². The Morgan fingerprint density at radius 2 is 2.41 bits per heavy atom. The first kappa shape index (κ1) is 9.97. The number of carboxylic acids is 1. The molecule has 3 aromatic heterocycles. The number of rotatable bonds is 2. The maximum absolute atomic E-state index is 11.2. The number of nitrogens with zero attached hydrogens (tertiary/aromatic N) is 4. The number of aryl methyl sites for hydroxylation is 1. The summed E-state index contributed by atoms with van der Waals surface area (Å²) >= 11 is 1.37. The van der Waals surface area contributed by atoms with Gasteiger partial charge in [-0.05, 0) is 6.92 Å². The van der Waals surface area contributed by atoms with Gasteiger partial charge in [0, 0.05) is 5.38 Å². The van der Waals surface area contributed by atoms with E-state index in [1.54, 1.807) is 17.5 Å². The summed E-state index contributed by atoms with van der Waals surface area (Å²) in [6, 6.07) is 0. The number of carbonyl (C=O) groups is 1. The van der Waals surface area contributed by atoms with Crippen LogP contribution in [0.5, 0.6) is 0 Å². The van der Waals surface area contributed by atoms with Crippen molar-refractivity contribution in [2.45, 2.75) is 6.92 Å². The highest BCUT2D eigenvalue weighted by molar-refractivity contribution is 7.15. The van der Waals surface area contributed by atoms with E-state index >= 15 is 0 Å². The molecule has 0 spiro atoms. The zero-order valence-electron chi connectivity index (χ0n) is 8.71. The predicted octanol–water partition coefficient (Wildman–Crippen LogP) is 1.19. The molecule has 2 N–H and O–H groups in total. The lowest BCUT2D eigenvalue weighted by Gasteiger charge is -1.97. The predicted molar refractivity (Wildman–Crippen MR) is 60.1 cm³/mol. The molecule has 0 unspecified atom stereocenters. The highest BCUT2D eigenvalue weighted by Gasteiger charge is 2.20. The van der Waals surface area contributed by atoms with E-state index in [1.165, 1.54) is 11.3 Å². The van der Waals surface area contributed by atoms with Gasteiger partial charge in [0.2, 0.25) is 0 Å². The number of carboxylic acid groups (broad SMARTS) is 1. The highest BCUT2D eigenvalue weighted by Crippen LogP contribution is 2.27. The van der Waals surface area contributed by atoms with E-state index in [-0.39, 0.29) is 5.69 Å². The minimum Gasteiger partial charge on any atom is -0.477 e. The first-order valence-electron chi connectivity index (χ1n) is 4.74. The molecule has 0 aliphatic carbocycles. The normalized spacial score (nSPS) is 11.1. The summed E-state index contributed by atoms with van der Waals surface area (Å²) in [5, 5.41) is 21.2. The third-order valence-electron chi connectivity index (χ3n) is 2.42. The molecule has 0 atom stereocenters. The van der Waals surface area contributed by atoms with Crippen molar-refractivity contribution < 1.29 is 9.90 Å². The molecule has 0 amide bonds. The summed E-state index contributed by atoms with van der Waals surface area (Å²) in [7, 11) is 0. The van der Waals surface area contributed by atoms with Crippen molar-refractivity contribution in [3.63, 3.8) is 0 Å². The molecule has 17 heavy (non-hydrogen) atoms. The first-order chi connectivity index (χ1) is 8.18. The van der Waals surface area contributed by atoms with Crippen LogP contribution >= 0.6 is 11.3 Å². The van der Waals surface area contributed by atoms with Crippen LogP contribution in [0.4, 0.5) is 0 Å². The topological polar surface area (TPSA) is 96.2 Å². The number of aromatic amines is 1. The van der Waals surface area contributed by atoms with E-state index in [1.807, 2.05) is 5.38 Å². The smallest absolute Gasteiger partial charge is 0.354 e. The number of H-pyrrole nitrogens is 1. The molecule has 3 rings (SSSR count). The number of hydrogen-bond donors (Lipinski definition) is 2. The fourth-order valence-corrected chi connectivity index (χ4v) is 2.65. The third-order valence-corrected chi connectivity index (χ3v) is 3.24. The number of nitrogens with one attached hydrogen (secondary N) is 1. The molecule has 3 aromatic rings. The van der Waals surface area contributed by atoms with Crippen LogP contribution in [0.3, 0.4) is 0 Å². The fourth-order valence-electron chi connectivity index (χ4n) is 1.72. The maximum Gasteiger partial charge on any atom is 0.354 e. The molecule has 0 aliphatic rings. The molecule has 0 bridgehead atoms. The molecule has 86 valence electrons. The van der Waals surface area contributed by atoms with Gasteiger partial charge in [0.05, 0.1) is 17.6 Å². The standard InChI is InChI=1S/C9H7N5O2S/c1-4-7(8(15)16)14-6(3-17-9(14)11-4)5-2-10-13-12-5/h2-3H,1H3,(H,15,16)(H,10,12,13). The van der Waals surface area contributed by atoms with E-state index in [9.17, 15) is 9.90 Å². The van der Waals surface area contributed by atoms with Crippen molar-refractivity contribution in [3.05, 3.63) is 23.0 Å². The Kier molecular flexibility index (Phi) is 1.99. The van der Waals surface area contributed by atoms with Gasteiger partial charge in [-0.25, -0.2) is 9.78 Å². The van der Waals surface area contributed by atoms with Crippen molar-refractivity contribution in [2.24, 2.45) is 0 Å². The van der Waals surface area contributed by atoms with Crippen molar-refractivity contribution in [1.82, 2.24) is 24.8 Å². The summed E-state index contributed by atoms with van der Waals surface area (Å²) in [5.74, 6) is -1.00. The molecular weight excluding hydrogens is 242 g/mol. The Morgan fingerprint density at radius 3 is 3.06 bits per heavy atom. The van der Waals surface area contributed by atoms with Gasteiger partial charge in [-0.2, -0.15) is 15.4 Å². The summed E-state index contributed by atoms with van der Waals surface area (Å²) in [5.41, 5.74) is 1.93. The minimum absolute atomic E-state index is 0.166. The van der Waals surface area contributed by atoms with Crippen LogP contribution in [0.25, 0.3) is 16.3 Å². The van der Waals surface area contributed by atoms with Gasteiger partial charge in [0.1, 0.15) is 5.69 Å². The van der Waals surface area contributed by atoms with Crippen LogP contribution in [0.15, 0.2) is 11.6 Å². The van der Waals surface area contributed by atoms with Crippen molar-refractivity contribution >= 4 is 22.3 Å². The Labute approximate surface area is 98.7 Å². The van der Waals surface area contributed by atoms with Gasteiger partial charge in [-0.15, -0.1) is 11.3 Å². The Bertz CT molecular complexity index is 696.